The Hall–Kier alpha value is -2.18. The van der Waals surface area contributed by atoms with E-state index in [1.54, 1.807) is 6.26 Å². The summed E-state index contributed by atoms with van der Waals surface area (Å²) in [6.07, 6.45) is 18.9. The minimum Gasteiger partial charge on any atom is -0.459 e. The molecule has 1 unspecified atom stereocenters. The Bertz CT molecular complexity index is 878. The third kappa shape index (κ3) is 2.54. The van der Waals surface area contributed by atoms with Crippen LogP contribution in [0.3, 0.4) is 0 Å². The largest absolute Gasteiger partial charge is 0.459 e. The van der Waals surface area contributed by atoms with E-state index in [1.165, 1.54) is 17.5 Å². The second-order valence-corrected chi connectivity index (χ2v) is 9.11. The second kappa shape index (κ2) is 6.42. The van der Waals surface area contributed by atoms with Gasteiger partial charge in [0.15, 0.2) is 0 Å². The fourth-order valence-corrected chi connectivity index (χ4v) is 6.45. The summed E-state index contributed by atoms with van der Waals surface area (Å²) >= 11 is 0. The second-order valence-electron chi connectivity index (χ2n) is 9.11. The monoisotopic (exact) mass is 376 g/mol. The van der Waals surface area contributed by atoms with Crippen LogP contribution in [0, 0.1) is 29.6 Å². The molecule has 3 nitrogen and oxygen atoms in total. The van der Waals surface area contributed by atoms with E-state index in [0.29, 0.717) is 17.8 Å². The van der Waals surface area contributed by atoms with E-state index in [0.717, 1.165) is 37.9 Å². The van der Waals surface area contributed by atoms with Crippen molar-refractivity contribution >= 4 is 0 Å². The van der Waals surface area contributed by atoms with Crippen LogP contribution in [-0.4, -0.2) is 17.0 Å². The average molecular weight is 376 g/mol. The number of allylic oxidation sites excluding steroid dienone is 2. The Morgan fingerprint density at radius 3 is 2.89 bits per heavy atom. The van der Waals surface area contributed by atoms with Gasteiger partial charge in [-0.2, -0.15) is 0 Å². The quantitative estimate of drug-likeness (QED) is 0.760. The van der Waals surface area contributed by atoms with Crippen molar-refractivity contribution in [3.63, 3.8) is 0 Å². The fraction of sp³-hybridized carbons (Fsp3) is 0.520. The number of rotatable bonds is 2. The molecule has 1 aromatic rings. The van der Waals surface area contributed by atoms with Crippen molar-refractivity contribution in [2.45, 2.75) is 63.3 Å². The molecule has 0 saturated heterocycles. The molecule has 0 amide bonds. The van der Waals surface area contributed by atoms with E-state index in [9.17, 15) is 5.11 Å². The number of benzene rings is 1. The Labute approximate surface area is 167 Å². The minimum atomic E-state index is -0.928. The zero-order valence-corrected chi connectivity index (χ0v) is 16.4. The first-order valence-corrected chi connectivity index (χ1v) is 10.5. The first kappa shape index (κ1) is 17.9. The van der Waals surface area contributed by atoms with E-state index >= 15 is 0 Å². The minimum absolute atomic E-state index is 0.137. The Balaban J connectivity index is 1.39. The van der Waals surface area contributed by atoms with Gasteiger partial charge in [-0.1, -0.05) is 25.0 Å². The number of aliphatic hydroxyl groups is 1. The average Bonchev–Trinajstić information content (AvgIpc) is 3.00. The number of hydrogen-bond acceptors (Lipinski definition) is 3. The van der Waals surface area contributed by atoms with Crippen LogP contribution in [-0.2, 0) is 11.2 Å². The van der Waals surface area contributed by atoms with Crippen molar-refractivity contribution in [3.05, 3.63) is 53.8 Å². The molecule has 0 aromatic heterocycles. The van der Waals surface area contributed by atoms with E-state index in [1.807, 2.05) is 18.2 Å². The number of aryl methyl sites for hydroxylation is 1. The standard InChI is InChI=1S/C25H28O3/c1-3-25(26)14-12-22-21-9-7-17-16-18(28-23-6-4-5-15-27-23)8-10-19(17)20(21)11-13-24(22,25)2/h1,4-6,8,10,15-16,20-23,26H,7,9,11-14H2,2H3/t20-,21-,22+,23?,24+,25+/m1/s1. The summed E-state index contributed by atoms with van der Waals surface area (Å²) < 4.78 is 11.4. The molecule has 1 heterocycles. The topological polar surface area (TPSA) is 38.7 Å². The fourth-order valence-electron chi connectivity index (χ4n) is 6.45. The number of hydrogen-bond donors (Lipinski definition) is 1. The van der Waals surface area contributed by atoms with Crippen LogP contribution in [0.4, 0.5) is 0 Å². The molecule has 3 aliphatic carbocycles. The van der Waals surface area contributed by atoms with Crippen LogP contribution in [0.15, 0.2) is 42.7 Å². The lowest BCUT2D eigenvalue weighted by Gasteiger charge is -2.52. The van der Waals surface area contributed by atoms with Crippen LogP contribution in [0.1, 0.15) is 56.1 Å². The molecule has 146 valence electrons. The summed E-state index contributed by atoms with van der Waals surface area (Å²) in [5.74, 6) is 5.34. The Kier molecular flexibility index (Phi) is 4.10. The van der Waals surface area contributed by atoms with Crippen LogP contribution < -0.4 is 4.74 Å². The molecule has 2 fully saturated rings. The van der Waals surface area contributed by atoms with Gasteiger partial charge in [-0.25, -0.2) is 0 Å². The van der Waals surface area contributed by atoms with Gasteiger partial charge in [0.1, 0.15) is 11.4 Å². The van der Waals surface area contributed by atoms with Gasteiger partial charge < -0.3 is 14.6 Å². The van der Waals surface area contributed by atoms with Crippen molar-refractivity contribution in [3.8, 4) is 18.1 Å². The Morgan fingerprint density at radius 1 is 1.21 bits per heavy atom. The summed E-state index contributed by atoms with van der Waals surface area (Å²) in [7, 11) is 0. The molecule has 3 heteroatoms. The van der Waals surface area contributed by atoms with Gasteiger partial charge in [0, 0.05) is 5.41 Å². The smallest absolute Gasteiger partial charge is 0.260 e. The maximum Gasteiger partial charge on any atom is 0.260 e. The molecule has 28 heavy (non-hydrogen) atoms. The number of fused-ring (bicyclic) bond motifs is 5. The summed E-state index contributed by atoms with van der Waals surface area (Å²) in [4.78, 5) is 0. The molecule has 4 aliphatic rings. The molecule has 2 saturated carbocycles. The lowest BCUT2D eigenvalue weighted by atomic mass is 9.53. The third-order valence-electron chi connectivity index (χ3n) is 8.01. The highest BCUT2D eigenvalue weighted by Crippen LogP contribution is 2.64. The molecule has 1 aliphatic heterocycles. The normalized spacial score (nSPS) is 40.6. The van der Waals surface area contributed by atoms with Crippen molar-refractivity contribution in [1.29, 1.82) is 0 Å². The van der Waals surface area contributed by atoms with Crippen molar-refractivity contribution in [2.75, 3.05) is 0 Å². The third-order valence-corrected chi connectivity index (χ3v) is 8.01. The predicted molar refractivity (Wildman–Crippen MR) is 109 cm³/mol. The highest BCUT2D eigenvalue weighted by Gasteiger charge is 2.61. The van der Waals surface area contributed by atoms with Crippen molar-refractivity contribution < 1.29 is 14.6 Å². The number of ether oxygens (including phenoxy) is 2. The maximum absolute atomic E-state index is 11.1. The highest BCUT2D eigenvalue weighted by atomic mass is 16.7. The molecule has 1 aromatic carbocycles. The van der Waals surface area contributed by atoms with Crippen LogP contribution >= 0.6 is 0 Å². The SMILES string of the molecule is C#C[C@]1(O)CC[C@H]2[C@@H]3CCc4cc(OC5C=CC=CO5)ccc4[C@H]3CC[C@@]21C. The molecule has 0 spiro atoms. The molecule has 6 atom stereocenters. The lowest BCUT2D eigenvalue weighted by molar-refractivity contribution is -0.0647. The summed E-state index contributed by atoms with van der Waals surface area (Å²) in [6, 6.07) is 6.53. The van der Waals surface area contributed by atoms with Gasteiger partial charge in [-0.15, -0.1) is 6.42 Å². The van der Waals surface area contributed by atoms with Gasteiger partial charge in [0.25, 0.3) is 6.29 Å². The molecule has 0 bridgehead atoms. The van der Waals surface area contributed by atoms with E-state index in [4.69, 9.17) is 15.9 Å². The predicted octanol–water partition coefficient (Wildman–Crippen LogP) is 4.71. The lowest BCUT2D eigenvalue weighted by Crippen LogP contribution is -2.50. The summed E-state index contributed by atoms with van der Waals surface area (Å²) in [5.41, 5.74) is 1.81. The van der Waals surface area contributed by atoms with Gasteiger partial charge >= 0.3 is 0 Å². The zero-order valence-electron chi connectivity index (χ0n) is 16.4. The maximum atomic E-state index is 11.1. The van der Waals surface area contributed by atoms with E-state index in [-0.39, 0.29) is 11.7 Å². The Morgan fingerprint density at radius 2 is 2.11 bits per heavy atom. The first-order chi connectivity index (χ1) is 13.5. The van der Waals surface area contributed by atoms with Crippen LogP contribution in [0.25, 0.3) is 0 Å². The van der Waals surface area contributed by atoms with E-state index in [2.05, 4.69) is 31.0 Å². The molecule has 1 N–H and O–H groups in total. The van der Waals surface area contributed by atoms with Gasteiger partial charge in [0.2, 0.25) is 0 Å². The van der Waals surface area contributed by atoms with Crippen LogP contribution in [0.5, 0.6) is 5.75 Å². The molecular formula is C25H28O3. The van der Waals surface area contributed by atoms with Gasteiger partial charge in [-0.3, -0.25) is 0 Å². The number of terminal acetylenes is 1. The molecule has 0 radical (unpaired) electrons. The van der Waals surface area contributed by atoms with Gasteiger partial charge in [0.05, 0.1) is 6.26 Å². The highest BCUT2D eigenvalue weighted by molar-refractivity contribution is 5.41. The van der Waals surface area contributed by atoms with Crippen molar-refractivity contribution in [2.24, 2.45) is 17.3 Å². The van der Waals surface area contributed by atoms with Crippen molar-refractivity contribution in [1.82, 2.24) is 0 Å². The summed E-state index contributed by atoms with van der Waals surface area (Å²) in [5, 5.41) is 11.1. The van der Waals surface area contributed by atoms with Crippen LogP contribution in [0.2, 0.25) is 0 Å². The van der Waals surface area contributed by atoms with Gasteiger partial charge in [-0.05, 0) is 91.7 Å². The molecule has 5 rings (SSSR count). The summed E-state index contributed by atoms with van der Waals surface area (Å²) in [6.45, 7) is 2.24. The van der Waals surface area contributed by atoms with E-state index < -0.39 is 5.60 Å². The first-order valence-electron chi connectivity index (χ1n) is 10.5. The zero-order chi connectivity index (χ0) is 19.4. The molecular weight excluding hydrogens is 348 g/mol.